The van der Waals surface area contributed by atoms with E-state index in [4.69, 9.17) is 9.47 Å². The van der Waals surface area contributed by atoms with Gasteiger partial charge < -0.3 is 19.7 Å². The van der Waals surface area contributed by atoms with Crippen molar-refractivity contribution in [1.82, 2.24) is 14.9 Å². The van der Waals surface area contributed by atoms with Gasteiger partial charge in [-0.05, 0) is 43.9 Å². The number of carbonyl (C=O) groups excluding carboxylic acids is 1. The molecule has 1 amide bonds. The summed E-state index contributed by atoms with van der Waals surface area (Å²) in [5.41, 5.74) is 1.10. The topological polar surface area (TPSA) is 76.6 Å². The maximum atomic E-state index is 12.9. The molecule has 3 rings (SSSR count). The van der Waals surface area contributed by atoms with Crippen molar-refractivity contribution in [2.45, 2.75) is 38.6 Å². The molecule has 1 aromatic carbocycles. The lowest BCUT2D eigenvalue weighted by Gasteiger charge is -2.35. The summed E-state index contributed by atoms with van der Waals surface area (Å²) in [6.07, 6.45) is 5.84. The van der Waals surface area contributed by atoms with E-state index in [9.17, 15) is 4.79 Å². The van der Waals surface area contributed by atoms with Crippen LogP contribution in [0.2, 0.25) is 0 Å². The number of ether oxygens (including phenoxy) is 2. The van der Waals surface area contributed by atoms with E-state index < -0.39 is 0 Å². The van der Waals surface area contributed by atoms with Crippen molar-refractivity contribution in [2.75, 3.05) is 26.1 Å². The van der Waals surface area contributed by atoms with Gasteiger partial charge in [0.1, 0.15) is 17.2 Å². The third-order valence-corrected chi connectivity index (χ3v) is 4.89. The molecule has 1 fully saturated rings. The highest BCUT2D eigenvalue weighted by Gasteiger charge is 2.27. The molecule has 1 unspecified atom stereocenters. The summed E-state index contributed by atoms with van der Waals surface area (Å²) in [6, 6.07) is 7.38. The Bertz CT molecular complexity index is 797. The van der Waals surface area contributed by atoms with Gasteiger partial charge in [-0.1, -0.05) is 6.92 Å². The van der Waals surface area contributed by atoms with Gasteiger partial charge in [0, 0.05) is 24.8 Å². The number of piperidine rings is 1. The monoisotopic (exact) mass is 370 g/mol. The minimum absolute atomic E-state index is 0.0336. The number of likely N-dealkylation sites (tertiary alicyclic amines) is 1. The Labute approximate surface area is 159 Å². The molecule has 1 aromatic heterocycles. The van der Waals surface area contributed by atoms with E-state index in [2.05, 4.69) is 22.2 Å². The Kier molecular flexibility index (Phi) is 6.11. The first-order valence-corrected chi connectivity index (χ1v) is 9.29. The Balaban J connectivity index is 1.80. The lowest BCUT2D eigenvalue weighted by atomic mass is 9.99. The van der Waals surface area contributed by atoms with Crippen LogP contribution in [0.5, 0.6) is 11.5 Å². The minimum atomic E-state index is -0.0336. The normalized spacial score (nSPS) is 16.7. The molecule has 0 aliphatic carbocycles. The average Bonchev–Trinajstić information content (AvgIpc) is 2.73. The highest BCUT2D eigenvalue weighted by molar-refractivity contribution is 5.92. The fourth-order valence-electron chi connectivity index (χ4n) is 3.40. The molecule has 7 heteroatoms. The molecular formula is C20H26N4O3. The van der Waals surface area contributed by atoms with Crippen LogP contribution < -0.4 is 14.8 Å². The molecule has 2 heterocycles. The molecule has 1 aliphatic rings. The number of amides is 1. The molecule has 1 aliphatic heterocycles. The van der Waals surface area contributed by atoms with Crippen LogP contribution in [-0.2, 0) is 0 Å². The lowest BCUT2D eigenvalue weighted by Crippen LogP contribution is -2.43. The molecule has 1 N–H and O–H groups in total. The molecule has 2 aromatic rings. The molecule has 27 heavy (non-hydrogen) atoms. The summed E-state index contributed by atoms with van der Waals surface area (Å²) in [5, 5.41) is 3.12. The van der Waals surface area contributed by atoms with Crippen LogP contribution in [0.3, 0.4) is 0 Å². The third kappa shape index (κ3) is 4.30. The van der Waals surface area contributed by atoms with Crippen LogP contribution in [0, 0.1) is 0 Å². The SMILES string of the molecule is CCC1CCCCN1C(=O)c1ccnc(Nc2ccc(OC)cc2OC)n1. The molecular weight excluding hydrogens is 344 g/mol. The summed E-state index contributed by atoms with van der Waals surface area (Å²) in [5.74, 6) is 1.62. The molecule has 144 valence electrons. The summed E-state index contributed by atoms with van der Waals surface area (Å²) in [4.78, 5) is 23.6. The molecule has 1 saturated heterocycles. The van der Waals surface area contributed by atoms with Crippen molar-refractivity contribution < 1.29 is 14.3 Å². The number of aromatic nitrogens is 2. The Morgan fingerprint density at radius 2 is 2.11 bits per heavy atom. The van der Waals surface area contributed by atoms with Gasteiger partial charge in [-0.25, -0.2) is 9.97 Å². The summed E-state index contributed by atoms with van der Waals surface area (Å²) in [7, 11) is 3.19. The van der Waals surface area contributed by atoms with E-state index in [0.717, 1.165) is 25.8 Å². The van der Waals surface area contributed by atoms with Crippen molar-refractivity contribution in [3.63, 3.8) is 0 Å². The van der Waals surface area contributed by atoms with Crippen LogP contribution in [0.4, 0.5) is 11.6 Å². The molecule has 7 nitrogen and oxygen atoms in total. The van der Waals surface area contributed by atoms with Crippen LogP contribution in [0.15, 0.2) is 30.5 Å². The molecule has 0 bridgehead atoms. The smallest absolute Gasteiger partial charge is 0.272 e. The predicted molar refractivity (Wildman–Crippen MR) is 104 cm³/mol. The Hall–Kier alpha value is -2.83. The van der Waals surface area contributed by atoms with Crippen molar-refractivity contribution in [1.29, 1.82) is 0 Å². The molecule has 0 saturated carbocycles. The number of hydrogen-bond acceptors (Lipinski definition) is 6. The fraction of sp³-hybridized carbons (Fsp3) is 0.450. The maximum absolute atomic E-state index is 12.9. The van der Waals surface area contributed by atoms with Gasteiger partial charge in [0.05, 0.1) is 19.9 Å². The first-order valence-electron chi connectivity index (χ1n) is 9.29. The first kappa shape index (κ1) is 18.9. The molecule has 1 atom stereocenters. The van der Waals surface area contributed by atoms with Crippen LogP contribution >= 0.6 is 0 Å². The minimum Gasteiger partial charge on any atom is -0.497 e. The van der Waals surface area contributed by atoms with E-state index in [-0.39, 0.29) is 5.91 Å². The Morgan fingerprint density at radius 3 is 2.85 bits per heavy atom. The zero-order valence-corrected chi connectivity index (χ0v) is 16.1. The standard InChI is InChI=1S/C20H26N4O3/c1-4-14-7-5-6-12-24(14)19(25)17-10-11-21-20(23-17)22-16-9-8-15(26-2)13-18(16)27-3/h8-11,13-14H,4-7,12H2,1-3H3,(H,21,22,23). The summed E-state index contributed by atoms with van der Waals surface area (Å²) < 4.78 is 10.6. The third-order valence-electron chi connectivity index (χ3n) is 4.89. The van der Waals surface area contributed by atoms with Crippen molar-refractivity contribution in [3.8, 4) is 11.5 Å². The summed E-state index contributed by atoms with van der Waals surface area (Å²) >= 11 is 0. The van der Waals surface area contributed by atoms with E-state index in [1.807, 2.05) is 17.0 Å². The van der Waals surface area contributed by atoms with Crippen LogP contribution in [0.1, 0.15) is 43.1 Å². The lowest BCUT2D eigenvalue weighted by molar-refractivity contribution is 0.0602. The quantitative estimate of drug-likeness (QED) is 0.836. The van der Waals surface area contributed by atoms with Crippen LogP contribution in [-0.4, -0.2) is 47.6 Å². The fourth-order valence-corrected chi connectivity index (χ4v) is 3.40. The van der Waals surface area contributed by atoms with E-state index in [0.29, 0.717) is 34.9 Å². The van der Waals surface area contributed by atoms with Gasteiger partial charge in [-0.2, -0.15) is 0 Å². The van der Waals surface area contributed by atoms with Crippen LogP contribution in [0.25, 0.3) is 0 Å². The highest BCUT2D eigenvalue weighted by Crippen LogP contribution is 2.30. The van der Waals surface area contributed by atoms with Gasteiger partial charge in [0.2, 0.25) is 5.95 Å². The van der Waals surface area contributed by atoms with Crippen molar-refractivity contribution >= 4 is 17.5 Å². The van der Waals surface area contributed by atoms with E-state index in [1.165, 1.54) is 6.42 Å². The van der Waals surface area contributed by atoms with Gasteiger partial charge in [-0.15, -0.1) is 0 Å². The highest BCUT2D eigenvalue weighted by atomic mass is 16.5. The van der Waals surface area contributed by atoms with Gasteiger partial charge in [0.15, 0.2) is 0 Å². The largest absolute Gasteiger partial charge is 0.497 e. The van der Waals surface area contributed by atoms with E-state index in [1.54, 1.807) is 32.5 Å². The first-order chi connectivity index (χ1) is 13.2. The van der Waals surface area contributed by atoms with Gasteiger partial charge in [-0.3, -0.25) is 4.79 Å². The Morgan fingerprint density at radius 1 is 1.26 bits per heavy atom. The average molecular weight is 370 g/mol. The van der Waals surface area contributed by atoms with Gasteiger partial charge in [0.25, 0.3) is 5.91 Å². The van der Waals surface area contributed by atoms with E-state index >= 15 is 0 Å². The second-order valence-corrected chi connectivity index (χ2v) is 6.51. The predicted octanol–water partition coefficient (Wildman–Crippen LogP) is 3.64. The number of nitrogens with zero attached hydrogens (tertiary/aromatic N) is 3. The number of anilines is 2. The number of hydrogen-bond donors (Lipinski definition) is 1. The number of rotatable bonds is 6. The van der Waals surface area contributed by atoms with Crippen molar-refractivity contribution in [2.24, 2.45) is 0 Å². The maximum Gasteiger partial charge on any atom is 0.272 e. The zero-order valence-electron chi connectivity index (χ0n) is 16.1. The van der Waals surface area contributed by atoms with Gasteiger partial charge >= 0.3 is 0 Å². The van der Waals surface area contributed by atoms with Crippen molar-refractivity contribution in [3.05, 3.63) is 36.2 Å². The number of nitrogens with one attached hydrogen (secondary N) is 1. The second-order valence-electron chi connectivity index (χ2n) is 6.51. The number of carbonyl (C=O) groups is 1. The summed E-state index contributed by atoms with van der Waals surface area (Å²) in [6.45, 7) is 2.91. The second kappa shape index (κ2) is 8.70. The zero-order chi connectivity index (χ0) is 19.2. The molecule has 0 radical (unpaired) electrons. The number of methoxy groups -OCH3 is 2. The molecule has 0 spiro atoms. The number of benzene rings is 1.